The number of carboxylic acids is 2. The molecule has 0 radical (unpaired) electrons. The SMILES string of the molecule is CC(C)(C)C(C(=O)O)C(=O)O.[LiH]. The van der Waals surface area contributed by atoms with Crippen LogP contribution in [-0.2, 0) is 9.59 Å². The molecule has 0 saturated heterocycles. The maximum absolute atomic E-state index is 10.4. The molecule has 0 bridgehead atoms. The van der Waals surface area contributed by atoms with Gasteiger partial charge in [0.2, 0.25) is 0 Å². The van der Waals surface area contributed by atoms with E-state index in [0.29, 0.717) is 0 Å². The molecule has 0 heterocycles. The van der Waals surface area contributed by atoms with Crippen LogP contribution in [0.15, 0.2) is 0 Å². The quantitative estimate of drug-likeness (QED) is 0.455. The average Bonchev–Trinajstić information content (AvgIpc) is 1.54. The topological polar surface area (TPSA) is 74.6 Å². The molecular weight excluding hydrogens is 155 g/mol. The molecule has 66 valence electrons. The van der Waals surface area contributed by atoms with Gasteiger partial charge in [0.25, 0.3) is 0 Å². The molecule has 0 unspecified atom stereocenters. The minimum absolute atomic E-state index is 0. The summed E-state index contributed by atoms with van der Waals surface area (Å²) in [5.41, 5.74) is -0.738. The van der Waals surface area contributed by atoms with Gasteiger partial charge in [-0.3, -0.25) is 9.59 Å². The second kappa shape index (κ2) is 4.54. The van der Waals surface area contributed by atoms with E-state index in [0.717, 1.165) is 0 Å². The van der Waals surface area contributed by atoms with E-state index >= 15 is 0 Å². The van der Waals surface area contributed by atoms with Gasteiger partial charge in [-0.2, -0.15) is 0 Å². The van der Waals surface area contributed by atoms with Gasteiger partial charge in [-0.15, -0.1) is 0 Å². The van der Waals surface area contributed by atoms with Crippen molar-refractivity contribution in [3.05, 3.63) is 0 Å². The summed E-state index contributed by atoms with van der Waals surface area (Å²) in [5, 5.41) is 17.0. The van der Waals surface area contributed by atoms with E-state index in [-0.39, 0.29) is 18.9 Å². The Labute approximate surface area is 83.1 Å². The third kappa shape index (κ3) is 3.79. The molecule has 0 fully saturated rings. The summed E-state index contributed by atoms with van der Waals surface area (Å²) in [6, 6.07) is 0. The fourth-order valence-corrected chi connectivity index (χ4v) is 0.846. The summed E-state index contributed by atoms with van der Waals surface area (Å²) in [6.07, 6.45) is 0. The monoisotopic (exact) mass is 168 g/mol. The van der Waals surface area contributed by atoms with Crippen molar-refractivity contribution in [1.29, 1.82) is 0 Å². The zero-order chi connectivity index (χ0) is 9.23. The van der Waals surface area contributed by atoms with E-state index in [2.05, 4.69) is 0 Å². The Balaban J connectivity index is 0. The Morgan fingerprint density at radius 3 is 1.33 bits per heavy atom. The van der Waals surface area contributed by atoms with Crippen molar-refractivity contribution < 1.29 is 19.8 Å². The Hall–Kier alpha value is -0.463. The summed E-state index contributed by atoms with van der Waals surface area (Å²) >= 11 is 0. The predicted octanol–water partition coefficient (Wildman–Crippen LogP) is 0.169. The van der Waals surface area contributed by atoms with Crippen LogP contribution in [0.2, 0.25) is 0 Å². The van der Waals surface area contributed by atoms with Crippen molar-refractivity contribution in [2.24, 2.45) is 11.3 Å². The maximum atomic E-state index is 10.4. The summed E-state index contributed by atoms with van der Waals surface area (Å²) in [4.78, 5) is 20.8. The molecule has 0 saturated carbocycles. The molecule has 12 heavy (non-hydrogen) atoms. The molecule has 0 rings (SSSR count). The van der Waals surface area contributed by atoms with Crippen molar-refractivity contribution in [1.82, 2.24) is 0 Å². The van der Waals surface area contributed by atoms with Gasteiger partial charge in [0.05, 0.1) is 0 Å². The summed E-state index contributed by atoms with van der Waals surface area (Å²) in [5.74, 6) is -3.91. The molecule has 4 nitrogen and oxygen atoms in total. The summed E-state index contributed by atoms with van der Waals surface area (Å²) in [6.45, 7) is 4.75. The van der Waals surface area contributed by atoms with Crippen molar-refractivity contribution in [2.75, 3.05) is 0 Å². The van der Waals surface area contributed by atoms with Crippen LogP contribution >= 0.6 is 0 Å². The molecule has 0 aromatic heterocycles. The van der Waals surface area contributed by atoms with Crippen LogP contribution in [0.3, 0.4) is 0 Å². The first-order valence-electron chi connectivity index (χ1n) is 3.22. The first kappa shape index (κ1) is 14.1. The zero-order valence-electron chi connectivity index (χ0n) is 6.79. The van der Waals surface area contributed by atoms with Crippen LogP contribution in [0.25, 0.3) is 0 Å². The molecule has 5 heteroatoms. The van der Waals surface area contributed by atoms with E-state index in [9.17, 15) is 9.59 Å². The molecule has 0 aliphatic rings. The number of carboxylic acid groups (broad SMARTS) is 2. The minimum atomic E-state index is -1.33. The van der Waals surface area contributed by atoms with Crippen molar-refractivity contribution >= 4 is 30.8 Å². The predicted molar refractivity (Wildman–Crippen MR) is 45.4 cm³/mol. The van der Waals surface area contributed by atoms with E-state index in [1.807, 2.05) is 0 Å². The van der Waals surface area contributed by atoms with E-state index in [1.165, 1.54) is 0 Å². The first-order chi connectivity index (χ1) is 4.76. The standard InChI is InChI=1S/C7H12O4.Li.H/c1-7(2,3)4(5(8)9)6(10)11;;/h4H,1-3H3,(H,8,9)(H,10,11);;. The Morgan fingerprint density at radius 2 is 1.33 bits per heavy atom. The molecule has 0 aliphatic carbocycles. The Morgan fingerprint density at radius 1 is 1.08 bits per heavy atom. The third-order valence-corrected chi connectivity index (χ3v) is 1.36. The van der Waals surface area contributed by atoms with Gasteiger partial charge in [-0.05, 0) is 5.41 Å². The first-order valence-corrected chi connectivity index (χ1v) is 3.22. The number of hydrogen-bond donors (Lipinski definition) is 2. The molecule has 0 aromatic rings. The van der Waals surface area contributed by atoms with Gasteiger partial charge in [0.15, 0.2) is 5.92 Å². The second-order valence-corrected chi connectivity index (χ2v) is 3.48. The third-order valence-electron chi connectivity index (χ3n) is 1.36. The van der Waals surface area contributed by atoms with Gasteiger partial charge >= 0.3 is 30.8 Å². The number of aliphatic carboxylic acids is 2. The van der Waals surface area contributed by atoms with Crippen molar-refractivity contribution in [2.45, 2.75) is 20.8 Å². The zero-order valence-corrected chi connectivity index (χ0v) is 6.79. The normalized spacial score (nSPS) is 10.7. The van der Waals surface area contributed by atoms with Crippen molar-refractivity contribution in [3.63, 3.8) is 0 Å². The van der Waals surface area contributed by atoms with Crippen LogP contribution < -0.4 is 0 Å². The Bertz CT molecular complexity index is 168. The van der Waals surface area contributed by atoms with Gasteiger partial charge in [-0.25, -0.2) is 0 Å². The number of carbonyl (C=O) groups is 2. The van der Waals surface area contributed by atoms with E-state index < -0.39 is 23.3 Å². The van der Waals surface area contributed by atoms with Crippen LogP contribution in [0.1, 0.15) is 20.8 Å². The van der Waals surface area contributed by atoms with E-state index in [1.54, 1.807) is 20.8 Å². The molecule has 0 atom stereocenters. The van der Waals surface area contributed by atoms with Crippen molar-refractivity contribution in [3.8, 4) is 0 Å². The fourth-order valence-electron chi connectivity index (χ4n) is 0.846. The van der Waals surface area contributed by atoms with Gasteiger partial charge < -0.3 is 10.2 Å². The molecule has 0 spiro atoms. The molecule has 0 aromatic carbocycles. The van der Waals surface area contributed by atoms with Gasteiger partial charge in [0.1, 0.15) is 0 Å². The van der Waals surface area contributed by atoms with Gasteiger partial charge in [0, 0.05) is 0 Å². The summed E-state index contributed by atoms with van der Waals surface area (Å²) < 4.78 is 0. The second-order valence-electron chi connectivity index (χ2n) is 3.48. The molecular formula is C7H13LiO4. The van der Waals surface area contributed by atoms with E-state index in [4.69, 9.17) is 10.2 Å². The van der Waals surface area contributed by atoms with Crippen LogP contribution in [0, 0.1) is 11.3 Å². The average molecular weight is 168 g/mol. The van der Waals surface area contributed by atoms with Crippen LogP contribution in [-0.4, -0.2) is 41.0 Å². The number of hydrogen-bond acceptors (Lipinski definition) is 2. The fraction of sp³-hybridized carbons (Fsp3) is 0.714. The van der Waals surface area contributed by atoms with Crippen LogP contribution in [0.5, 0.6) is 0 Å². The van der Waals surface area contributed by atoms with Gasteiger partial charge in [-0.1, -0.05) is 20.8 Å². The number of rotatable bonds is 2. The van der Waals surface area contributed by atoms with Crippen LogP contribution in [0.4, 0.5) is 0 Å². The molecule has 0 aliphatic heterocycles. The summed E-state index contributed by atoms with van der Waals surface area (Å²) in [7, 11) is 0. The molecule has 2 N–H and O–H groups in total. The Kier molecular flexibility index (Phi) is 5.32. The molecule has 0 amide bonds.